The molecule has 174 valence electrons. The molecule has 4 N–H and O–H groups in total. The van der Waals surface area contributed by atoms with E-state index >= 15 is 0 Å². The van der Waals surface area contributed by atoms with E-state index in [1.807, 2.05) is 5.32 Å². The van der Waals surface area contributed by atoms with Crippen molar-refractivity contribution >= 4 is 23.5 Å². The van der Waals surface area contributed by atoms with Crippen LogP contribution < -0.4 is 10.2 Å². The van der Waals surface area contributed by atoms with E-state index in [0.717, 1.165) is 23.1 Å². The molecule has 33 heavy (non-hydrogen) atoms. The number of carbonyl (C=O) groups excluding carboxylic acids is 2. The molecule has 1 unspecified atom stereocenters. The van der Waals surface area contributed by atoms with Gasteiger partial charge in [0.05, 0.1) is 12.1 Å². The number of carbonyl (C=O) groups is 3. The molecule has 2 amide bonds. The predicted octanol–water partition coefficient (Wildman–Crippen LogP) is 1.80. The van der Waals surface area contributed by atoms with E-state index in [4.69, 9.17) is 5.11 Å². The molecule has 2 aromatic rings. The van der Waals surface area contributed by atoms with Crippen molar-refractivity contribution < 1.29 is 42.9 Å². The number of anilines is 1. The first-order valence-electron chi connectivity index (χ1n) is 9.43. The summed E-state index contributed by atoms with van der Waals surface area (Å²) in [6.45, 7) is -1.15. The van der Waals surface area contributed by atoms with E-state index in [2.05, 4.69) is 0 Å². The van der Waals surface area contributed by atoms with Crippen LogP contribution >= 0.6 is 0 Å². The van der Waals surface area contributed by atoms with E-state index in [0.29, 0.717) is 16.5 Å². The van der Waals surface area contributed by atoms with Crippen molar-refractivity contribution in [3.05, 3.63) is 77.2 Å². The summed E-state index contributed by atoms with van der Waals surface area (Å²) < 4.78 is 39.6. The zero-order chi connectivity index (χ0) is 24.3. The fourth-order valence-electron chi connectivity index (χ4n) is 3.18. The summed E-state index contributed by atoms with van der Waals surface area (Å²) in [6.07, 6.45) is -6.71. The van der Waals surface area contributed by atoms with E-state index in [9.17, 15) is 37.8 Å². The van der Waals surface area contributed by atoms with Gasteiger partial charge >= 0.3 is 12.1 Å². The van der Waals surface area contributed by atoms with E-state index in [-0.39, 0.29) is 12.2 Å². The monoisotopic (exact) mass is 465 g/mol. The average molecular weight is 465 g/mol. The minimum atomic E-state index is -4.74. The summed E-state index contributed by atoms with van der Waals surface area (Å²) in [4.78, 5) is 37.6. The van der Waals surface area contributed by atoms with Gasteiger partial charge in [-0.15, -0.1) is 0 Å². The molecule has 1 aliphatic heterocycles. The Kier molecular flexibility index (Phi) is 6.58. The lowest BCUT2D eigenvalue weighted by Gasteiger charge is -2.41. The normalized spacial score (nSPS) is 16.7. The number of nitrogens with one attached hydrogen (secondary N) is 1. The van der Waals surface area contributed by atoms with Gasteiger partial charge in [0, 0.05) is 5.69 Å². The number of carboxylic acids is 1. The molecule has 1 atom stereocenters. The van der Waals surface area contributed by atoms with Crippen LogP contribution in [0.3, 0.4) is 0 Å². The fourth-order valence-corrected chi connectivity index (χ4v) is 3.18. The molecule has 2 aromatic carbocycles. The highest BCUT2D eigenvalue weighted by Gasteiger charge is 2.43. The first-order valence-corrected chi connectivity index (χ1v) is 9.43. The van der Waals surface area contributed by atoms with Crippen molar-refractivity contribution in [3.8, 4) is 0 Å². The Morgan fingerprint density at radius 1 is 1.06 bits per heavy atom. The molecule has 3 rings (SSSR count). The third kappa shape index (κ3) is 5.06. The number of benzene rings is 2. The maximum Gasteiger partial charge on any atom is 0.416 e. The molecule has 9 nitrogen and oxygen atoms in total. The fraction of sp³-hybridized carbons (Fsp3) is 0.190. The molecule has 0 saturated heterocycles. The Labute approximate surface area is 185 Å². The zero-order valence-corrected chi connectivity index (χ0v) is 16.8. The summed E-state index contributed by atoms with van der Waals surface area (Å²) in [6, 6.07) is 11.8. The molecule has 12 heteroatoms. The maximum atomic E-state index is 13.2. The Morgan fingerprint density at radius 2 is 1.73 bits per heavy atom. The molecule has 0 radical (unpaired) electrons. The van der Waals surface area contributed by atoms with E-state index < -0.39 is 53.9 Å². The number of nitrogens with zero attached hydrogens (tertiary/aromatic N) is 2. The summed E-state index contributed by atoms with van der Waals surface area (Å²) in [5, 5.41) is 32.2. The molecule has 0 fully saturated rings. The second-order valence-corrected chi connectivity index (χ2v) is 6.96. The number of aliphatic carboxylic acids is 1. The second kappa shape index (κ2) is 9.20. The molecule has 0 aliphatic carbocycles. The number of aliphatic hydroxyl groups is 2. The van der Waals surface area contributed by atoms with Crippen molar-refractivity contribution in [2.45, 2.75) is 19.1 Å². The van der Waals surface area contributed by atoms with Crippen molar-refractivity contribution in [2.75, 3.05) is 11.4 Å². The third-order valence-corrected chi connectivity index (χ3v) is 4.71. The smallest absolute Gasteiger partial charge is 0.416 e. The minimum absolute atomic E-state index is 0.265. The van der Waals surface area contributed by atoms with Gasteiger partial charge in [-0.05, 0) is 23.8 Å². The summed E-state index contributed by atoms with van der Waals surface area (Å²) in [7, 11) is 0. The Morgan fingerprint density at radius 3 is 2.33 bits per heavy atom. The molecule has 0 bridgehead atoms. The van der Waals surface area contributed by atoms with Crippen LogP contribution in [-0.2, 0) is 27.1 Å². The van der Waals surface area contributed by atoms with Crippen molar-refractivity contribution in [3.63, 3.8) is 0 Å². The number of aliphatic hydroxyl groups excluding tert-OH is 2. The number of halogens is 3. The molecular formula is C21H18F3N3O6. The largest absolute Gasteiger partial charge is 0.494 e. The van der Waals surface area contributed by atoms with Crippen LogP contribution in [0, 0.1) is 0 Å². The topological polar surface area (TPSA) is 130 Å². The highest BCUT2D eigenvalue weighted by Crippen LogP contribution is 2.35. The maximum absolute atomic E-state index is 13.2. The van der Waals surface area contributed by atoms with E-state index in [1.165, 1.54) is 0 Å². The van der Waals surface area contributed by atoms with Crippen LogP contribution in [0.5, 0.6) is 0 Å². The van der Waals surface area contributed by atoms with Crippen LogP contribution in [0.4, 0.5) is 18.9 Å². The van der Waals surface area contributed by atoms with Gasteiger partial charge in [0.2, 0.25) is 12.2 Å². The molecule has 0 spiro atoms. The van der Waals surface area contributed by atoms with Crippen molar-refractivity contribution in [1.82, 2.24) is 10.2 Å². The predicted molar refractivity (Wildman–Crippen MR) is 107 cm³/mol. The van der Waals surface area contributed by atoms with E-state index in [1.54, 1.807) is 30.3 Å². The van der Waals surface area contributed by atoms with Crippen LogP contribution in [0.1, 0.15) is 11.1 Å². The zero-order valence-electron chi connectivity index (χ0n) is 16.8. The van der Waals surface area contributed by atoms with Gasteiger partial charge in [-0.25, -0.2) is 0 Å². The van der Waals surface area contributed by atoms with Gasteiger partial charge in [0.1, 0.15) is 6.54 Å². The van der Waals surface area contributed by atoms with Gasteiger partial charge in [-0.1, -0.05) is 36.4 Å². The molecule has 0 aromatic heterocycles. The molecule has 1 heterocycles. The third-order valence-electron chi connectivity index (χ3n) is 4.71. The van der Waals surface area contributed by atoms with Crippen molar-refractivity contribution in [1.29, 1.82) is 0 Å². The van der Waals surface area contributed by atoms with Gasteiger partial charge in [0.15, 0.2) is 5.57 Å². The summed E-state index contributed by atoms with van der Waals surface area (Å²) >= 11 is 0. The average Bonchev–Trinajstić information content (AvgIpc) is 2.75. The Bertz CT molecular complexity index is 1100. The van der Waals surface area contributed by atoms with Crippen LogP contribution in [0.2, 0.25) is 0 Å². The highest BCUT2D eigenvalue weighted by molar-refractivity contribution is 6.20. The van der Waals surface area contributed by atoms with Crippen molar-refractivity contribution in [2.24, 2.45) is 0 Å². The first-order chi connectivity index (χ1) is 15.5. The quantitative estimate of drug-likeness (QED) is 0.479. The number of amides is 2. The van der Waals surface area contributed by atoms with Gasteiger partial charge in [-0.3, -0.25) is 24.2 Å². The number of hydrogen-bond acceptors (Lipinski definition) is 6. The lowest BCUT2D eigenvalue weighted by molar-refractivity contribution is -0.144. The lowest BCUT2D eigenvalue weighted by atomic mass is 10.1. The second-order valence-electron chi connectivity index (χ2n) is 6.96. The van der Waals surface area contributed by atoms with Crippen LogP contribution in [0.15, 0.2) is 66.1 Å². The SMILES string of the molecule is O=C(O)CNC(=O)C1=C(O)N(c2cccc(C(F)(F)F)c2)C(O)N(Cc2ccccc2)C1=O. The Hall–Kier alpha value is -4.06. The highest BCUT2D eigenvalue weighted by atomic mass is 19.4. The van der Waals surface area contributed by atoms with Crippen LogP contribution in [0.25, 0.3) is 0 Å². The molecular weight excluding hydrogens is 447 g/mol. The Balaban J connectivity index is 2.10. The number of carboxylic acid groups (broad SMARTS) is 1. The van der Waals surface area contributed by atoms with Gasteiger partial charge in [0.25, 0.3) is 11.8 Å². The van der Waals surface area contributed by atoms with Gasteiger partial charge < -0.3 is 20.6 Å². The standard InChI is InChI=1S/C21H18F3N3O6/c22-21(23,24)13-7-4-8-14(9-13)27-19(32)16(17(30)25-10-15(28)29)18(31)26(20(27)33)11-12-5-2-1-3-6-12/h1-9,20,32-33H,10-11H2,(H,25,30)(H,28,29). The molecule has 1 aliphatic rings. The van der Waals surface area contributed by atoms with Gasteiger partial charge in [-0.2, -0.15) is 13.2 Å². The van der Waals surface area contributed by atoms with Crippen LogP contribution in [-0.4, -0.2) is 50.9 Å². The first kappa shape index (κ1) is 23.6. The number of hydrogen-bond donors (Lipinski definition) is 4. The molecule has 0 saturated carbocycles. The number of alkyl halides is 3. The number of rotatable bonds is 6. The lowest BCUT2D eigenvalue weighted by Crippen LogP contribution is -2.57. The summed E-state index contributed by atoms with van der Waals surface area (Å²) in [5.74, 6) is -4.97. The summed E-state index contributed by atoms with van der Waals surface area (Å²) in [5.41, 5.74) is -1.87. The minimum Gasteiger partial charge on any atom is -0.494 e.